The van der Waals surface area contributed by atoms with E-state index in [1.165, 1.54) is 0 Å². The molecule has 2 N–H and O–H groups in total. The van der Waals surface area contributed by atoms with E-state index < -0.39 is 0 Å². The van der Waals surface area contributed by atoms with Crippen molar-refractivity contribution in [3.63, 3.8) is 0 Å². The molecule has 0 aliphatic rings. The highest BCUT2D eigenvalue weighted by atomic mass is 31.0. The molecule has 0 bridgehead atoms. The van der Waals surface area contributed by atoms with Crippen LogP contribution < -0.4 is 0 Å². The predicted molar refractivity (Wildman–Crippen MR) is 110 cm³/mol. The van der Waals surface area contributed by atoms with E-state index in [4.69, 9.17) is 5.11 Å². The lowest BCUT2D eigenvalue weighted by atomic mass is 10.1. The minimum Gasteiger partial charge on any atom is -0.512 e. The maximum Gasteiger partial charge on any atom is 0.115 e. The van der Waals surface area contributed by atoms with Crippen LogP contribution in [0.2, 0.25) is 0 Å². The van der Waals surface area contributed by atoms with Gasteiger partial charge in [-0.3, -0.25) is 0 Å². The second kappa shape index (κ2) is 13.0. The van der Waals surface area contributed by atoms with E-state index in [9.17, 15) is 5.11 Å². The molecule has 0 aromatic rings. The molecule has 0 saturated heterocycles. The van der Waals surface area contributed by atoms with E-state index in [-0.39, 0.29) is 16.7 Å². The summed E-state index contributed by atoms with van der Waals surface area (Å²) in [6.45, 7) is 27.9. The second-order valence-electron chi connectivity index (χ2n) is 5.67. The van der Waals surface area contributed by atoms with Crippen molar-refractivity contribution in [3.8, 4) is 0 Å². The van der Waals surface area contributed by atoms with E-state index in [0.717, 1.165) is 22.3 Å². The molecule has 0 fully saturated rings. The zero-order chi connectivity index (χ0) is 19.4. The standard InChI is InChI=1S/C13H18O.C5H11OP.C2H6/c1-9(2)11(5)7-8-13(10(3)4)12(6)14;1-4(6)5(2,3)7;1-2/h7-8,14H,1,5-6H2,2-4H3;6H,1,7H2,2-3H3;1-2H3/b8-7-;;. The molecule has 0 amide bonds. The fourth-order valence-electron chi connectivity index (χ4n) is 0.878. The van der Waals surface area contributed by atoms with Crippen LogP contribution in [0.25, 0.3) is 0 Å². The molecule has 2 nitrogen and oxygen atoms in total. The molecule has 0 radical (unpaired) electrons. The molecule has 3 heteroatoms. The molecule has 0 rings (SSSR count). The Morgan fingerprint density at radius 1 is 0.913 bits per heavy atom. The van der Waals surface area contributed by atoms with Crippen LogP contribution in [0.1, 0.15) is 48.5 Å². The molecule has 0 aliphatic carbocycles. The summed E-state index contributed by atoms with van der Waals surface area (Å²) in [7, 11) is 2.48. The van der Waals surface area contributed by atoms with Crippen LogP contribution >= 0.6 is 9.24 Å². The highest BCUT2D eigenvalue weighted by molar-refractivity contribution is 7.19. The van der Waals surface area contributed by atoms with Gasteiger partial charge in [0.1, 0.15) is 5.76 Å². The van der Waals surface area contributed by atoms with Gasteiger partial charge < -0.3 is 10.2 Å². The van der Waals surface area contributed by atoms with Crippen molar-refractivity contribution in [2.45, 2.75) is 53.6 Å². The van der Waals surface area contributed by atoms with Gasteiger partial charge in [0.05, 0.1) is 5.76 Å². The first-order valence-corrected chi connectivity index (χ1v) is 8.14. The van der Waals surface area contributed by atoms with Crippen molar-refractivity contribution in [1.82, 2.24) is 0 Å². The molecule has 1 unspecified atom stereocenters. The lowest BCUT2D eigenvalue weighted by Gasteiger charge is -2.14. The molecule has 0 aromatic heterocycles. The summed E-state index contributed by atoms with van der Waals surface area (Å²) in [4.78, 5) is 0. The SMILES string of the molecule is C=C(C)C(=C)/C=C\C(C(=C)O)=C(C)C.C=C(O)C(C)(C)P.CC. The topological polar surface area (TPSA) is 40.5 Å². The molecular formula is C20H35O2P. The summed E-state index contributed by atoms with van der Waals surface area (Å²) in [6.07, 6.45) is 3.63. The maximum atomic E-state index is 9.28. The summed E-state index contributed by atoms with van der Waals surface area (Å²) in [5, 5.41) is 17.7. The zero-order valence-corrected chi connectivity index (χ0v) is 17.1. The largest absolute Gasteiger partial charge is 0.512 e. The molecule has 0 aliphatic heterocycles. The first-order valence-electron chi connectivity index (χ1n) is 7.56. The van der Waals surface area contributed by atoms with E-state index in [1.54, 1.807) is 6.08 Å². The molecule has 0 aromatic carbocycles. The fraction of sp³-hybridized carbons (Fsp3) is 0.400. The van der Waals surface area contributed by atoms with E-state index >= 15 is 0 Å². The summed E-state index contributed by atoms with van der Waals surface area (Å²) >= 11 is 0. The van der Waals surface area contributed by atoms with E-state index in [1.807, 2.05) is 54.5 Å². The Bertz CT molecular complexity index is 482. The van der Waals surface area contributed by atoms with Crippen LogP contribution in [0.3, 0.4) is 0 Å². The average molecular weight is 338 g/mol. The van der Waals surface area contributed by atoms with Gasteiger partial charge >= 0.3 is 0 Å². The normalized spacial score (nSPS) is 9.74. The van der Waals surface area contributed by atoms with E-state index in [2.05, 4.69) is 35.6 Å². The van der Waals surface area contributed by atoms with Gasteiger partial charge in [-0.15, -0.1) is 9.24 Å². The molecule has 23 heavy (non-hydrogen) atoms. The third-order valence-corrected chi connectivity index (χ3v) is 2.93. The first kappa shape index (κ1) is 26.4. The van der Waals surface area contributed by atoms with E-state index in [0.29, 0.717) is 0 Å². The quantitative estimate of drug-likeness (QED) is 0.328. The van der Waals surface area contributed by atoms with Gasteiger partial charge in [0.25, 0.3) is 0 Å². The van der Waals surface area contributed by atoms with Crippen molar-refractivity contribution in [2.24, 2.45) is 0 Å². The van der Waals surface area contributed by atoms with Crippen LogP contribution in [-0.4, -0.2) is 15.4 Å². The smallest absolute Gasteiger partial charge is 0.115 e. The maximum absolute atomic E-state index is 9.28. The van der Waals surface area contributed by atoms with Crippen molar-refractivity contribution in [3.05, 3.63) is 72.3 Å². The second-order valence-corrected chi connectivity index (χ2v) is 7.11. The van der Waals surface area contributed by atoms with Crippen molar-refractivity contribution >= 4 is 9.24 Å². The average Bonchev–Trinajstić information content (AvgIpc) is 2.39. The Labute approximate surface area is 145 Å². The third kappa shape index (κ3) is 15.1. The van der Waals surface area contributed by atoms with Gasteiger partial charge in [0.2, 0.25) is 0 Å². The van der Waals surface area contributed by atoms with Crippen LogP contribution in [0, 0.1) is 0 Å². The lowest BCUT2D eigenvalue weighted by Crippen LogP contribution is -2.10. The molecular weight excluding hydrogens is 303 g/mol. The molecule has 0 heterocycles. The lowest BCUT2D eigenvalue weighted by molar-refractivity contribution is 0.369. The Hall–Kier alpha value is -1.53. The number of allylic oxidation sites excluding steroid dienone is 6. The van der Waals surface area contributed by atoms with Crippen molar-refractivity contribution < 1.29 is 10.2 Å². The number of hydrogen-bond donors (Lipinski definition) is 2. The minimum absolute atomic E-state index is 0.0794. The number of rotatable bonds is 5. The Morgan fingerprint density at radius 3 is 1.43 bits per heavy atom. The Morgan fingerprint density at radius 2 is 1.26 bits per heavy atom. The summed E-state index contributed by atoms with van der Waals surface area (Å²) in [5.41, 5.74) is 3.53. The van der Waals surface area contributed by atoms with Gasteiger partial charge in [0, 0.05) is 10.7 Å². The van der Waals surface area contributed by atoms with Crippen LogP contribution in [0.5, 0.6) is 0 Å². The van der Waals surface area contributed by atoms with Gasteiger partial charge in [-0.05, 0) is 40.2 Å². The first-order chi connectivity index (χ1) is 10.3. The van der Waals surface area contributed by atoms with Crippen LogP contribution in [-0.2, 0) is 0 Å². The number of hydrogen-bond acceptors (Lipinski definition) is 2. The van der Waals surface area contributed by atoms with Crippen molar-refractivity contribution in [1.29, 1.82) is 0 Å². The van der Waals surface area contributed by atoms with Gasteiger partial charge in [0.15, 0.2) is 0 Å². The highest BCUT2D eigenvalue weighted by Crippen LogP contribution is 2.21. The van der Waals surface area contributed by atoms with Gasteiger partial charge in [-0.1, -0.05) is 63.5 Å². The Balaban J connectivity index is -0.000000373. The van der Waals surface area contributed by atoms with Crippen LogP contribution in [0.4, 0.5) is 0 Å². The summed E-state index contributed by atoms with van der Waals surface area (Å²) < 4.78 is 0. The molecule has 0 saturated carbocycles. The zero-order valence-electron chi connectivity index (χ0n) is 16.0. The number of aliphatic hydroxyl groups is 2. The van der Waals surface area contributed by atoms with Gasteiger partial charge in [-0.2, -0.15) is 0 Å². The Kier molecular flexibility index (Phi) is 14.9. The predicted octanol–water partition coefficient (Wildman–Crippen LogP) is 6.82. The summed E-state index contributed by atoms with van der Waals surface area (Å²) in [6, 6.07) is 0. The third-order valence-electron chi connectivity index (χ3n) is 2.59. The number of aliphatic hydroxyl groups excluding tert-OH is 2. The molecule has 0 spiro atoms. The monoisotopic (exact) mass is 338 g/mol. The molecule has 1 atom stereocenters. The fourth-order valence-corrected chi connectivity index (χ4v) is 0.878. The summed E-state index contributed by atoms with van der Waals surface area (Å²) in [5.74, 6) is 0.285. The van der Waals surface area contributed by atoms with Crippen LogP contribution in [0.15, 0.2) is 72.3 Å². The van der Waals surface area contributed by atoms with Gasteiger partial charge in [-0.25, -0.2) is 0 Å². The van der Waals surface area contributed by atoms with Crippen molar-refractivity contribution in [2.75, 3.05) is 0 Å². The minimum atomic E-state index is -0.222. The molecule has 132 valence electrons. The highest BCUT2D eigenvalue weighted by Gasteiger charge is 2.12.